The van der Waals surface area contributed by atoms with Crippen LogP contribution in [0.4, 0.5) is 26.3 Å². The summed E-state index contributed by atoms with van der Waals surface area (Å²) in [7, 11) is 0. The van der Waals surface area contributed by atoms with Crippen molar-refractivity contribution < 1.29 is 40.3 Å². The summed E-state index contributed by atoms with van der Waals surface area (Å²) in [6.07, 6.45) is -8.83. The predicted octanol–water partition coefficient (Wildman–Crippen LogP) is 3.48. The maximum absolute atomic E-state index is 12.8. The SMILES string of the molecule is O=C(NCCNC(=O)c1ccco1)c1cc(C(F)(F)F)cc(C(F)(F)F)c1. The first-order valence-corrected chi connectivity index (χ1v) is 7.38. The van der Waals surface area contributed by atoms with E-state index in [1.807, 2.05) is 0 Å². The Morgan fingerprint density at radius 3 is 1.81 bits per heavy atom. The van der Waals surface area contributed by atoms with Gasteiger partial charge in [-0.2, -0.15) is 26.3 Å². The summed E-state index contributed by atoms with van der Waals surface area (Å²) in [4.78, 5) is 23.5. The van der Waals surface area contributed by atoms with E-state index >= 15 is 0 Å². The van der Waals surface area contributed by atoms with Crippen molar-refractivity contribution in [3.63, 3.8) is 0 Å². The molecule has 5 nitrogen and oxygen atoms in total. The van der Waals surface area contributed by atoms with E-state index < -0.39 is 40.9 Å². The van der Waals surface area contributed by atoms with Crippen molar-refractivity contribution in [2.75, 3.05) is 13.1 Å². The molecule has 0 aliphatic heterocycles. The fourth-order valence-corrected chi connectivity index (χ4v) is 2.04. The molecule has 0 fully saturated rings. The van der Waals surface area contributed by atoms with Crippen LogP contribution in [0.25, 0.3) is 0 Å². The minimum atomic E-state index is -5.05. The van der Waals surface area contributed by atoms with Crippen molar-refractivity contribution in [1.82, 2.24) is 10.6 Å². The molecule has 0 aliphatic carbocycles. The zero-order chi connectivity index (χ0) is 20.2. The molecule has 27 heavy (non-hydrogen) atoms. The fraction of sp³-hybridized carbons (Fsp3) is 0.250. The smallest absolute Gasteiger partial charge is 0.416 e. The number of hydrogen-bond donors (Lipinski definition) is 2. The van der Waals surface area contributed by atoms with Crippen LogP contribution in [0.15, 0.2) is 41.0 Å². The number of nitrogens with one attached hydrogen (secondary N) is 2. The maximum atomic E-state index is 12.8. The van der Waals surface area contributed by atoms with Gasteiger partial charge < -0.3 is 15.1 Å². The van der Waals surface area contributed by atoms with E-state index in [1.54, 1.807) is 0 Å². The van der Waals surface area contributed by atoms with Gasteiger partial charge in [-0.3, -0.25) is 9.59 Å². The first-order chi connectivity index (χ1) is 12.5. The zero-order valence-corrected chi connectivity index (χ0v) is 13.4. The lowest BCUT2D eigenvalue weighted by molar-refractivity contribution is -0.143. The second-order valence-electron chi connectivity index (χ2n) is 5.28. The molecule has 0 radical (unpaired) electrons. The molecule has 0 spiro atoms. The van der Waals surface area contributed by atoms with Crippen LogP contribution in [0.2, 0.25) is 0 Å². The Morgan fingerprint density at radius 2 is 1.37 bits per heavy atom. The summed E-state index contributed by atoms with van der Waals surface area (Å²) in [5.74, 6) is -1.72. The van der Waals surface area contributed by atoms with E-state index in [1.165, 1.54) is 18.4 Å². The van der Waals surface area contributed by atoms with Crippen molar-refractivity contribution in [3.8, 4) is 0 Å². The third-order valence-electron chi connectivity index (χ3n) is 3.29. The second-order valence-corrected chi connectivity index (χ2v) is 5.28. The summed E-state index contributed by atoms with van der Waals surface area (Å²) in [6, 6.07) is 3.44. The Kier molecular flexibility index (Phi) is 5.82. The van der Waals surface area contributed by atoms with Crippen molar-refractivity contribution in [1.29, 1.82) is 0 Å². The summed E-state index contributed by atoms with van der Waals surface area (Å²) < 4.78 is 81.5. The molecule has 1 heterocycles. The number of benzene rings is 1. The van der Waals surface area contributed by atoms with E-state index in [-0.39, 0.29) is 24.9 Å². The summed E-state index contributed by atoms with van der Waals surface area (Å²) in [6.45, 7) is -0.334. The molecule has 2 rings (SSSR count). The number of carbonyl (C=O) groups is 2. The molecule has 0 aliphatic rings. The van der Waals surface area contributed by atoms with Gasteiger partial charge in [0.25, 0.3) is 11.8 Å². The van der Waals surface area contributed by atoms with Crippen LogP contribution in [0.1, 0.15) is 32.0 Å². The Bertz CT molecular complexity index is 780. The zero-order valence-electron chi connectivity index (χ0n) is 13.4. The summed E-state index contributed by atoms with van der Waals surface area (Å²) in [5.41, 5.74) is -3.98. The van der Waals surface area contributed by atoms with Gasteiger partial charge in [0.1, 0.15) is 0 Å². The lowest BCUT2D eigenvalue weighted by Gasteiger charge is -2.14. The first kappa shape index (κ1) is 20.3. The number of amides is 2. The van der Waals surface area contributed by atoms with Crippen LogP contribution in [0.3, 0.4) is 0 Å². The Morgan fingerprint density at radius 1 is 0.852 bits per heavy atom. The largest absolute Gasteiger partial charge is 0.459 e. The monoisotopic (exact) mass is 394 g/mol. The van der Waals surface area contributed by atoms with Crippen LogP contribution in [0, 0.1) is 0 Å². The molecule has 0 saturated heterocycles. The third-order valence-corrected chi connectivity index (χ3v) is 3.29. The summed E-state index contributed by atoms with van der Waals surface area (Å²) >= 11 is 0. The molecule has 1 aromatic heterocycles. The van der Waals surface area contributed by atoms with E-state index in [4.69, 9.17) is 4.42 Å². The molecule has 0 saturated carbocycles. The Balaban J connectivity index is 2.03. The first-order valence-electron chi connectivity index (χ1n) is 7.38. The van der Waals surface area contributed by atoms with Gasteiger partial charge in [0.15, 0.2) is 5.76 Å². The Labute approximate surface area is 148 Å². The minimum absolute atomic E-state index is 0.00836. The van der Waals surface area contributed by atoms with Crippen molar-refractivity contribution >= 4 is 11.8 Å². The molecule has 1 aromatic carbocycles. The van der Waals surface area contributed by atoms with E-state index in [2.05, 4.69) is 10.6 Å². The molecular weight excluding hydrogens is 382 g/mol. The van der Waals surface area contributed by atoms with Crippen molar-refractivity contribution in [2.24, 2.45) is 0 Å². The van der Waals surface area contributed by atoms with E-state index in [0.717, 1.165) is 0 Å². The topological polar surface area (TPSA) is 71.3 Å². The van der Waals surface area contributed by atoms with Gasteiger partial charge in [-0.1, -0.05) is 0 Å². The average Bonchev–Trinajstić information content (AvgIpc) is 3.11. The van der Waals surface area contributed by atoms with Crippen LogP contribution in [0.5, 0.6) is 0 Å². The number of alkyl halides is 6. The number of rotatable bonds is 5. The van der Waals surface area contributed by atoms with E-state index in [0.29, 0.717) is 12.1 Å². The van der Waals surface area contributed by atoms with Crippen LogP contribution >= 0.6 is 0 Å². The number of hydrogen-bond acceptors (Lipinski definition) is 3. The highest BCUT2D eigenvalue weighted by Gasteiger charge is 2.37. The highest BCUT2D eigenvalue weighted by molar-refractivity contribution is 5.95. The van der Waals surface area contributed by atoms with Crippen molar-refractivity contribution in [3.05, 3.63) is 59.0 Å². The van der Waals surface area contributed by atoms with Crippen molar-refractivity contribution in [2.45, 2.75) is 12.4 Å². The molecule has 0 atom stereocenters. The van der Waals surface area contributed by atoms with Gasteiger partial charge in [0.2, 0.25) is 0 Å². The highest BCUT2D eigenvalue weighted by atomic mass is 19.4. The predicted molar refractivity (Wildman–Crippen MR) is 79.8 cm³/mol. The maximum Gasteiger partial charge on any atom is 0.416 e. The molecule has 2 amide bonds. The third kappa shape index (κ3) is 5.50. The fourth-order valence-electron chi connectivity index (χ4n) is 2.04. The Hall–Kier alpha value is -2.98. The lowest BCUT2D eigenvalue weighted by Crippen LogP contribution is -2.34. The van der Waals surface area contributed by atoms with Crippen LogP contribution in [-0.4, -0.2) is 24.9 Å². The molecule has 146 valence electrons. The van der Waals surface area contributed by atoms with Gasteiger partial charge >= 0.3 is 12.4 Å². The normalized spacial score (nSPS) is 11.9. The molecule has 0 unspecified atom stereocenters. The lowest BCUT2D eigenvalue weighted by atomic mass is 10.0. The molecular formula is C16H12F6N2O3. The second kappa shape index (κ2) is 7.72. The number of carbonyl (C=O) groups excluding carboxylic acids is 2. The summed E-state index contributed by atoms with van der Waals surface area (Å²) in [5, 5.41) is 4.49. The number of halogens is 6. The highest BCUT2D eigenvalue weighted by Crippen LogP contribution is 2.36. The van der Waals surface area contributed by atoms with Gasteiger partial charge in [0, 0.05) is 18.7 Å². The van der Waals surface area contributed by atoms with Crippen LogP contribution < -0.4 is 10.6 Å². The number of furan rings is 1. The van der Waals surface area contributed by atoms with Gasteiger partial charge in [-0.05, 0) is 30.3 Å². The van der Waals surface area contributed by atoms with Gasteiger partial charge in [-0.15, -0.1) is 0 Å². The average molecular weight is 394 g/mol. The standard InChI is InChI=1S/C16H12F6N2O3/c17-15(18,19)10-6-9(7-11(8-10)16(20,21)22)13(25)23-3-4-24-14(26)12-2-1-5-27-12/h1-2,5-8H,3-4H2,(H,23,25)(H,24,26). The quantitative estimate of drug-likeness (QED) is 0.603. The molecule has 2 N–H and O–H groups in total. The van der Waals surface area contributed by atoms with Gasteiger partial charge in [0.05, 0.1) is 17.4 Å². The molecule has 0 bridgehead atoms. The molecule has 2 aromatic rings. The van der Waals surface area contributed by atoms with E-state index in [9.17, 15) is 35.9 Å². The molecule has 11 heteroatoms. The van der Waals surface area contributed by atoms with Crippen LogP contribution in [-0.2, 0) is 12.4 Å². The van der Waals surface area contributed by atoms with Gasteiger partial charge in [-0.25, -0.2) is 0 Å². The minimum Gasteiger partial charge on any atom is -0.459 e.